The molecule has 0 atom stereocenters. The summed E-state index contributed by atoms with van der Waals surface area (Å²) in [6.07, 6.45) is 5.82. The van der Waals surface area contributed by atoms with Crippen molar-refractivity contribution in [1.82, 2.24) is 4.57 Å². The van der Waals surface area contributed by atoms with Gasteiger partial charge in [-0.3, -0.25) is 0 Å². The zero-order valence-corrected chi connectivity index (χ0v) is 12.7. The fraction of sp³-hybridized carbons (Fsp3) is 0.158. The molecule has 0 N–H and O–H groups in total. The maximum atomic E-state index is 5.91. The van der Waals surface area contributed by atoms with E-state index in [0.717, 1.165) is 17.0 Å². The van der Waals surface area contributed by atoms with Crippen molar-refractivity contribution in [1.29, 1.82) is 0 Å². The maximum Gasteiger partial charge on any atom is 0.134 e. The minimum atomic E-state index is 0.939. The summed E-state index contributed by atoms with van der Waals surface area (Å²) < 4.78 is 8.11. The molecule has 0 aliphatic carbocycles. The molecule has 1 aromatic carbocycles. The number of rotatable bonds is 3. The molecule has 0 aliphatic heterocycles. The minimum absolute atomic E-state index is 0.939. The van der Waals surface area contributed by atoms with Crippen molar-refractivity contribution in [2.75, 3.05) is 0 Å². The van der Waals surface area contributed by atoms with E-state index < -0.39 is 0 Å². The van der Waals surface area contributed by atoms with Gasteiger partial charge >= 0.3 is 0 Å². The Morgan fingerprint density at radius 2 is 1.95 bits per heavy atom. The largest absolute Gasteiger partial charge is 0.461 e. The average molecular weight is 277 g/mol. The number of hydrogen-bond donors (Lipinski definition) is 0. The Morgan fingerprint density at radius 3 is 2.71 bits per heavy atom. The van der Waals surface area contributed by atoms with Gasteiger partial charge in [-0.15, -0.1) is 0 Å². The van der Waals surface area contributed by atoms with E-state index >= 15 is 0 Å². The first-order valence-corrected chi connectivity index (χ1v) is 7.07. The minimum Gasteiger partial charge on any atom is -0.461 e. The molecule has 0 fully saturated rings. The Kier molecular flexibility index (Phi) is 3.30. The number of allylic oxidation sites excluding steroid dienone is 2. The van der Waals surface area contributed by atoms with Crippen LogP contribution < -0.4 is 0 Å². The van der Waals surface area contributed by atoms with Gasteiger partial charge in [0, 0.05) is 23.7 Å². The third-order valence-electron chi connectivity index (χ3n) is 3.87. The average Bonchev–Trinajstić information content (AvgIpc) is 2.93. The van der Waals surface area contributed by atoms with E-state index in [2.05, 4.69) is 49.4 Å². The fourth-order valence-corrected chi connectivity index (χ4v) is 2.93. The van der Waals surface area contributed by atoms with E-state index in [0.29, 0.717) is 0 Å². The Labute approximate surface area is 125 Å². The van der Waals surface area contributed by atoms with Crippen molar-refractivity contribution in [2.45, 2.75) is 13.8 Å². The van der Waals surface area contributed by atoms with E-state index in [9.17, 15) is 0 Å². The van der Waals surface area contributed by atoms with Crippen LogP contribution in [0.2, 0.25) is 0 Å². The number of benzene rings is 1. The summed E-state index contributed by atoms with van der Waals surface area (Å²) in [6, 6.07) is 10.4. The van der Waals surface area contributed by atoms with Crippen LogP contribution in [0.15, 0.2) is 53.5 Å². The molecule has 2 nitrogen and oxygen atoms in total. The first-order chi connectivity index (χ1) is 10.1. The predicted octanol–water partition coefficient (Wildman–Crippen LogP) is 5.25. The molecule has 2 heteroatoms. The summed E-state index contributed by atoms with van der Waals surface area (Å²) in [5, 5.41) is 1.17. The molecule has 106 valence electrons. The molecule has 0 saturated heterocycles. The van der Waals surface area contributed by atoms with Crippen molar-refractivity contribution < 1.29 is 4.42 Å². The van der Waals surface area contributed by atoms with Crippen molar-refractivity contribution in [3.05, 3.63) is 66.1 Å². The Hall–Kier alpha value is -2.48. The van der Waals surface area contributed by atoms with Crippen LogP contribution in [0.1, 0.15) is 17.0 Å². The summed E-state index contributed by atoms with van der Waals surface area (Å²) in [6.45, 7) is 7.90. The second-order valence-corrected chi connectivity index (χ2v) is 5.28. The van der Waals surface area contributed by atoms with Gasteiger partial charge in [0.05, 0.1) is 5.69 Å². The number of aromatic nitrogens is 1. The number of fused-ring (bicyclic) bond motifs is 1. The molecule has 0 aliphatic rings. The Morgan fingerprint density at radius 1 is 1.19 bits per heavy atom. The number of para-hydroxylation sites is 1. The van der Waals surface area contributed by atoms with Gasteiger partial charge in [-0.1, -0.05) is 36.9 Å². The topological polar surface area (TPSA) is 18.1 Å². The molecule has 0 radical (unpaired) electrons. The molecule has 3 rings (SSSR count). The van der Waals surface area contributed by atoms with E-state index in [1.165, 1.54) is 22.2 Å². The van der Waals surface area contributed by atoms with Gasteiger partial charge in [-0.05, 0) is 37.6 Å². The lowest BCUT2D eigenvalue weighted by Crippen LogP contribution is -1.95. The molecule has 2 aromatic heterocycles. The summed E-state index contributed by atoms with van der Waals surface area (Å²) in [4.78, 5) is 0. The van der Waals surface area contributed by atoms with Crippen LogP contribution in [0.3, 0.4) is 0 Å². The summed E-state index contributed by atoms with van der Waals surface area (Å²) in [5.74, 6) is 0.958. The van der Waals surface area contributed by atoms with Crippen molar-refractivity contribution in [2.24, 2.45) is 7.05 Å². The molecule has 0 unspecified atom stereocenters. The van der Waals surface area contributed by atoms with Crippen LogP contribution in [-0.4, -0.2) is 4.57 Å². The van der Waals surface area contributed by atoms with Gasteiger partial charge in [0.25, 0.3) is 0 Å². The first kappa shape index (κ1) is 13.5. The van der Waals surface area contributed by atoms with E-state index in [4.69, 9.17) is 4.42 Å². The first-order valence-electron chi connectivity index (χ1n) is 7.07. The highest BCUT2D eigenvalue weighted by Crippen LogP contribution is 2.37. The van der Waals surface area contributed by atoms with Crippen LogP contribution in [0.25, 0.3) is 28.3 Å². The lowest BCUT2D eigenvalue weighted by Gasteiger charge is -2.06. The van der Waals surface area contributed by atoms with Gasteiger partial charge in [-0.25, -0.2) is 0 Å². The Balaban J connectivity index is 2.28. The smallest absolute Gasteiger partial charge is 0.134 e. The maximum absolute atomic E-state index is 5.91. The lowest BCUT2D eigenvalue weighted by atomic mass is 10.1. The quantitative estimate of drug-likeness (QED) is 0.598. The van der Waals surface area contributed by atoms with Crippen LogP contribution >= 0.6 is 0 Å². The lowest BCUT2D eigenvalue weighted by molar-refractivity contribution is 0.579. The third kappa shape index (κ3) is 2.13. The van der Waals surface area contributed by atoms with Crippen molar-refractivity contribution in [3.63, 3.8) is 0 Å². The zero-order chi connectivity index (χ0) is 15.0. The highest BCUT2D eigenvalue weighted by Gasteiger charge is 2.18. The number of furan rings is 1. The Bertz CT molecular complexity index is 846. The summed E-state index contributed by atoms with van der Waals surface area (Å²) in [7, 11) is 2.09. The standard InChI is InChI=1S/C19H19NO/c1-5-6-9-15-12-13(2)19(20(15)4)18-14(3)21-17-11-8-7-10-16(17)18/h5-12H,1H2,2-4H3/b9-6-. The third-order valence-corrected chi connectivity index (χ3v) is 3.87. The van der Waals surface area contributed by atoms with E-state index in [1.807, 2.05) is 25.1 Å². The molecular weight excluding hydrogens is 258 g/mol. The zero-order valence-electron chi connectivity index (χ0n) is 12.7. The fourth-order valence-electron chi connectivity index (χ4n) is 2.93. The molecule has 0 spiro atoms. The van der Waals surface area contributed by atoms with E-state index in [-0.39, 0.29) is 0 Å². The van der Waals surface area contributed by atoms with Gasteiger partial charge in [0.1, 0.15) is 11.3 Å². The van der Waals surface area contributed by atoms with Gasteiger partial charge < -0.3 is 8.98 Å². The monoisotopic (exact) mass is 277 g/mol. The second kappa shape index (κ2) is 5.13. The van der Waals surface area contributed by atoms with Crippen LogP contribution in [-0.2, 0) is 7.05 Å². The number of aryl methyl sites for hydroxylation is 2. The van der Waals surface area contributed by atoms with Gasteiger partial charge in [-0.2, -0.15) is 0 Å². The van der Waals surface area contributed by atoms with Crippen LogP contribution in [0.4, 0.5) is 0 Å². The van der Waals surface area contributed by atoms with Crippen molar-refractivity contribution in [3.8, 4) is 11.3 Å². The highest BCUT2D eigenvalue weighted by molar-refractivity contribution is 5.96. The van der Waals surface area contributed by atoms with Gasteiger partial charge in [0.2, 0.25) is 0 Å². The predicted molar refractivity (Wildman–Crippen MR) is 89.3 cm³/mol. The molecule has 0 amide bonds. The molecular formula is C19H19NO. The highest BCUT2D eigenvalue weighted by atomic mass is 16.3. The normalized spacial score (nSPS) is 11.6. The van der Waals surface area contributed by atoms with E-state index in [1.54, 1.807) is 6.08 Å². The molecule has 2 heterocycles. The molecule has 3 aromatic rings. The second-order valence-electron chi connectivity index (χ2n) is 5.28. The SMILES string of the molecule is C=C/C=C\c1cc(C)c(-c2c(C)oc3ccccc23)n1C. The molecule has 0 bridgehead atoms. The molecule has 21 heavy (non-hydrogen) atoms. The van der Waals surface area contributed by atoms with Crippen molar-refractivity contribution >= 4 is 17.0 Å². The number of hydrogen-bond acceptors (Lipinski definition) is 1. The molecule has 0 saturated carbocycles. The summed E-state index contributed by atoms with van der Waals surface area (Å²) >= 11 is 0. The van der Waals surface area contributed by atoms with Gasteiger partial charge in [0.15, 0.2) is 0 Å². The summed E-state index contributed by atoms with van der Waals surface area (Å²) in [5.41, 5.74) is 5.74. The van der Waals surface area contributed by atoms with Crippen LogP contribution in [0, 0.1) is 13.8 Å². The number of nitrogens with zero attached hydrogens (tertiary/aromatic N) is 1. The van der Waals surface area contributed by atoms with Crippen LogP contribution in [0.5, 0.6) is 0 Å².